The predicted octanol–water partition coefficient (Wildman–Crippen LogP) is 5.06. The predicted molar refractivity (Wildman–Crippen MR) is 112 cm³/mol. The number of amides is 2. The highest BCUT2D eigenvalue weighted by Gasteiger charge is 2.15. The van der Waals surface area contributed by atoms with E-state index in [1.807, 2.05) is 0 Å². The summed E-state index contributed by atoms with van der Waals surface area (Å²) in [6.07, 6.45) is 0. The van der Waals surface area contributed by atoms with Gasteiger partial charge in [-0.2, -0.15) is 0 Å². The van der Waals surface area contributed by atoms with Crippen LogP contribution in [0.2, 0.25) is 5.02 Å². The van der Waals surface area contributed by atoms with Gasteiger partial charge in [-0.05, 0) is 49.4 Å². The topological polar surface area (TPSA) is 101 Å². The first kappa shape index (κ1) is 20.0. The fraction of sp³-hybridized carbons (Fsp3) is 0.0476. The summed E-state index contributed by atoms with van der Waals surface area (Å²) in [5.74, 6) is -0.837. The molecule has 0 unspecified atom stereocenters. The van der Waals surface area contributed by atoms with Crippen LogP contribution in [0.15, 0.2) is 66.7 Å². The van der Waals surface area contributed by atoms with Crippen LogP contribution in [-0.2, 0) is 0 Å². The highest BCUT2D eigenvalue weighted by molar-refractivity contribution is 6.31. The standard InChI is InChI=1S/C21H16ClN3O4/c1-13-8-9-15(11-19(13)25(28)29)21(27)24-18-7-3-6-17(12-18)23-20(26)14-4-2-5-16(22)10-14/h2-12H,1H3,(H,23,26)(H,24,27). The Kier molecular flexibility index (Phi) is 5.90. The molecule has 7 nitrogen and oxygen atoms in total. The Morgan fingerprint density at radius 3 is 2.03 bits per heavy atom. The average molecular weight is 410 g/mol. The molecule has 0 spiro atoms. The zero-order valence-electron chi connectivity index (χ0n) is 15.3. The Labute approximate surface area is 171 Å². The van der Waals surface area contributed by atoms with E-state index in [1.54, 1.807) is 55.5 Å². The maximum absolute atomic E-state index is 12.5. The molecule has 0 heterocycles. The van der Waals surface area contributed by atoms with Gasteiger partial charge in [0.25, 0.3) is 17.5 Å². The van der Waals surface area contributed by atoms with Crippen molar-refractivity contribution in [1.29, 1.82) is 0 Å². The van der Waals surface area contributed by atoms with E-state index >= 15 is 0 Å². The van der Waals surface area contributed by atoms with Gasteiger partial charge in [-0.15, -0.1) is 0 Å². The van der Waals surface area contributed by atoms with E-state index in [1.165, 1.54) is 18.2 Å². The van der Waals surface area contributed by atoms with Gasteiger partial charge < -0.3 is 10.6 Å². The summed E-state index contributed by atoms with van der Waals surface area (Å²) in [6, 6.07) is 17.4. The van der Waals surface area contributed by atoms with Gasteiger partial charge in [0, 0.05) is 39.2 Å². The van der Waals surface area contributed by atoms with Crippen LogP contribution in [0.25, 0.3) is 0 Å². The fourth-order valence-electron chi connectivity index (χ4n) is 2.66. The minimum atomic E-state index is -0.530. The van der Waals surface area contributed by atoms with Crippen LogP contribution >= 0.6 is 11.6 Å². The van der Waals surface area contributed by atoms with E-state index in [0.717, 1.165) is 0 Å². The first-order chi connectivity index (χ1) is 13.8. The van der Waals surface area contributed by atoms with Crippen molar-refractivity contribution in [3.8, 4) is 0 Å². The van der Waals surface area contributed by atoms with Crippen molar-refractivity contribution < 1.29 is 14.5 Å². The maximum Gasteiger partial charge on any atom is 0.273 e. The lowest BCUT2D eigenvalue weighted by Gasteiger charge is -2.09. The second-order valence-corrected chi connectivity index (χ2v) is 6.69. The molecule has 29 heavy (non-hydrogen) atoms. The van der Waals surface area contributed by atoms with Crippen molar-refractivity contribution in [3.05, 3.63) is 98.6 Å². The van der Waals surface area contributed by atoms with Crippen molar-refractivity contribution in [2.45, 2.75) is 6.92 Å². The number of rotatable bonds is 5. The Hall–Kier alpha value is -3.71. The number of carbonyl (C=O) groups excluding carboxylic acids is 2. The molecule has 2 amide bonds. The average Bonchev–Trinajstić information content (AvgIpc) is 2.68. The summed E-state index contributed by atoms with van der Waals surface area (Å²) >= 11 is 5.90. The number of hydrogen-bond donors (Lipinski definition) is 2. The lowest BCUT2D eigenvalue weighted by atomic mass is 10.1. The molecule has 8 heteroatoms. The third-order valence-electron chi connectivity index (χ3n) is 4.13. The van der Waals surface area contributed by atoms with Gasteiger partial charge in [-0.25, -0.2) is 0 Å². The van der Waals surface area contributed by atoms with Crippen LogP contribution in [0.4, 0.5) is 17.1 Å². The third kappa shape index (κ3) is 4.97. The molecule has 0 bridgehead atoms. The molecule has 0 radical (unpaired) electrons. The van der Waals surface area contributed by atoms with E-state index in [9.17, 15) is 19.7 Å². The molecule has 0 aromatic heterocycles. The minimum absolute atomic E-state index is 0.125. The van der Waals surface area contributed by atoms with Crippen LogP contribution in [-0.4, -0.2) is 16.7 Å². The van der Waals surface area contributed by atoms with Crippen LogP contribution in [0.5, 0.6) is 0 Å². The van der Waals surface area contributed by atoms with Crippen molar-refractivity contribution in [2.75, 3.05) is 10.6 Å². The molecule has 3 aromatic carbocycles. The monoisotopic (exact) mass is 409 g/mol. The molecule has 146 valence electrons. The third-order valence-corrected chi connectivity index (χ3v) is 4.37. The highest BCUT2D eigenvalue weighted by Crippen LogP contribution is 2.21. The molecule has 0 aliphatic rings. The summed E-state index contributed by atoms with van der Waals surface area (Å²) in [4.78, 5) is 35.3. The number of anilines is 2. The van der Waals surface area contributed by atoms with Crippen LogP contribution in [0, 0.1) is 17.0 Å². The summed E-state index contributed by atoms with van der Waals surface area (Å²) in [6.45, 7) is 1.60. The fourth-order valence-corrected chi connectivity index (χ4v) is 2.85. The van der Waals surface area contributed by atoms with E-state index in [-0.39, 0.29) is 17.2 Å². The number of nitro benzene ring substituents is 1. The molecule has 0 saturated heterocycles. The van der Waals surface area contributed by atoms with Gasteiger partial charge in [0.15, 0.2) is 0 Å². The number of aryl methyl sites for hydroxylation is 1. The van der Waals surface area contributed by atoms with Gasteiger partial charge in [0.2, 0.25) is 0 Å². The zero-order valence-corrected chi connectivity index (χ0v) is 16.1. The summed E-state index contributed by atoms with van der Waals surface area (Å²) in [5, 5.41) is 16.9. The van der Waals surface area contributed by atoms with E-state index in [2.05, 4.69) is 10.6 Å². The maximum atomic E-state index is 12.5. The Morgan fingerprint density at radius 2 is 1.45 bits per heavy atom. The normalized spacial score (nSPS) is 10.3. The van der Waals surface area contributed by atoms with Gasteiger partial charge >= 0.3 is 0 Å². The molecule has 0 fully saturated rings. The number of carbonyl (C=O) groups is 2. The quantitative estimate of drug-likeness (QED) is 0.454. The lowest BCUT2D eigenvalue weighted by molar-refractivity contribution is -0.385. The number of nitrogens with zero attached hydrogens (tertiary/aromatic N) is 1. The second kappa shape index (κ2) is 8.53. The van der Waals surface area contributed by atoms with Crippen molar-refractivity contribution in [3.63, 3.8) is 0 Å². The molecule has 2 N–H and O–H groups in total. The number of halogens is 1. The lowest BCUT2D eigenvalue weighted by Crippen LogP contribution is -2.14. The van der Waals surface area contributed by atoms with Crippen LogP contribution < -0.4 is 10.6 Å². The summed E-state index contributed by atoms with van der Waals surface area (Å²) in [5.41, 5.74) is 1.82. The Balaban J connectivity index is 1.74. The minimum Gasteiger partial charge on any atom is -0.322 e. The SMILES string of the molecule is Cc1ccc(C(=O)Nc2cccc(NC(=O)c3cccc(Cl)c3)c2)cc1[N+](=O)[O-]. The molecule has 0 aliphatic carbocycles. The van der Waals surface area contributed by atoms with Crippen molar-refractivity contribution in [2.24, 2.45) is 0 Å². The van der Waals surface area contributed by atoms with Crippen LogP contribution in [0.1, 0.15) is 26.3 Å². The molecule has 0 saturated carbocycles. The van der Waals surface area contributed by atoms with Gasteiger partial charge in [0.05, 0.1) is 4.92 Å². The Bertz CT molecular complexity index is 1110. The van der Waals surface area contributed by atoms with Gasteiger partial charge in [-0.3, -0.25) is 19.7 Å². The van der Waals surface area contributed by atoms with Gasteiger partial charge in [-0.1, -0.05) is 29.8 Å². The van der Waals surface area contributed by atoms with E-state index < -0.39 is 10.8 Å². The molecule has 0 aliphatic heterocycles. The molecular weight excluding hydrogens is 394 g/mol. The molecule has 3 rings (SSSR count). The second-order valence-electron chi connectivity index (χ2n) is 6.26. The van der Waals surface area contributed by atoms with Crippen molar-refractivity contribution >= 4 is 40.5 Å². The van der Waals surface area contributed by atoms with Crippen molar-refractivity contribution in [1.82, 2.24) is 0 Å². The molecule has 0 atom stereocenters. The van der Waals surface area contributed by atoms with Crippen LogP contribution in [0.3, 0.4) is 0 Å². The number of nitro groups is 1. The zero-order chi connectivity index (χ0) is 21.0. The largest absolute Gasteiger partial charge is 0.322 e. The smallest absolute Gasteiger partial charge is 0.273 e. The first-order valence-electron chi connectivity index (χ1n) is 8.57. The summed E-state index contributed by atoms with van der Waals surface area (Å²) < 4.78 is 0. The first-order valence-corrected chi connectivity index (χ1v) is 8.94. The number of hydrogen-bond acceptors (Lipinski definition) is 4. The van der Waals surface area contributed by atoms with E-state index in [0.29, 0.717) is 27.5 Å². The number of benzene rings is 3. The molecular formula is C21H16ClN3O4. The van der Waals surface area contributed by atoms with Gasteiger partial charge in [0.1, 0.15) is 0 Å². The highest BCUT2D eigenvalue weighted by atomic mass is 35.5. The molecule has 3 aromatic rings. The summed E-state index contributed by atoms with van der Waals surface area (Å²) in [7, 11) is 0. The number of nitrogens with one attached hydrogen (secondary N) is 2. The van der Waals surface area contributed by atoms with E-state index in [4.69, 9.17) is 11.6 Å². The Morgan fingerprint density at radius 1 is 0.862 bits per heavy atom.